The molecule has 1 aliphatic rings. The highest BCUT2D eigenvalue weighted by Crippen LogP contribution is 2.34. The van der Waals surface area contributed by atoms with Gasteiger partial charge in [0.25, 0.3) is 0 Å². The quantitative estimate of drug-likeness (QED) is 0.725. The van der Waals surface area contributed by atoms with E-state index < -0.39 is 0 Å². The van der Waals surface area contributed by atoms with Crippen LogP contribution in [0.15, 0.2) is 0 Å². The first-order valence-corrected chi connectivity index (χ1v) is 5.09. The van der Waals surface area contributed by atoms with E-state index in [1.165, 1.54) is 0 Å². The van der Waals surface area contributed by atoms with Gasteiger partial charge in [0.2, 0.25) is 5.75 Å². The van der Waals surface area contributed by atoms with E-state index in [0.29, 0.717) is 24.0 Å². The Morgan fingerprint density at radius 1 is 1.47 bits per heavy atom. The van der Waals surface area contributed by atoms with Crippen molar-refractivity contribution in [1.29, 1.82) is 0 Å². The van der Waals surface area contributed by atoms with Crippen molar-refractivity contribution in [2.45, 2.75) is 32.7 Å². The summed E-state index contributed by atoms with van der Waals surface area (Å²) >= 11 is 0. The molecular weight excluding hydrogens is 192 g/mol. The van der Waals surface area contributed by atoms with Gasteiger partial charge in [-0.15, -0.1) is 0 Å². The smallest absolute Gasteiger partial charge is 0.204 e. The predicted molar refractivity (Wildman–Crippen MR) is 59.0 cm³/mol. The molecule has 0 saturated heterocycles. The number of fused-ring (bicyclic) bond motifs is 1. The SMILES string of the molecule is CCc1nc(N)c2c(n1)NC(C)(C)CO2. The van der Waals surface area contributed by atoms with Crippen LogP contribution in [0, 0.1) is 0 Å². The molecule has 1 aromatic heterocycles. The lowest BCUT2D eigenvalue weighted by atomic mass is 10.1. The second-order valence-corrected chi connectivity index (χ2v) is 4.35. The summed E-state index contributed by atoms with van der Waals surface area (Å²) in [6, 6.07) is 0. The molecule has 0 fully saturated rings. The van der Waals surface area contributed by atoms with Crippen LogP contribution in [0.5, 0.6) is 5.75 Å². The highest BCUT2D eigenvalue weighted by Gasteiger charge is 2.28. The van der Waals surface area contributed by atoms with Crippen LogP contribution in [0.2, 0.25) is 0 Å². The van der Waals surface area contributed by atoms with Gasteiger partial charge < -0.3 is 15.8 Å². The lowest BCUT2D eigenvalue weighted by molar-refractivity contribution is 0.240. The number of hydrogen-bond donors (Lipinski definition) is 2. The Hall–Kier alpha value is -1.52. The van der Waals surface area contributed by atoms with Crippen LogP contribution < -0.4 is 15.8 Å². The van der Waals surface area contributed by atoms with Gasteiger partial charge in [0.15, 0.2) is 11.6 Å². The summed E-state index contributed by atoms with van der Waals surface area (Å²) in [5.41, 5.74) is 5.68. The molecule has 82 valence electrons. The Labute approximate surface area is 89.1 Å². The first-order valence-electron chi connectivity index (χ1n) is 5.09. The van der Waals surface area contributed by atoms with Crippen LogP contribution in [0.4, 0.5) is 11.6 Å². The molecular formula is C10H16N4O. The zero-order chi connectivity index (χ0) is 11.1. The number of nitrogens with two attached hydrogens (primary N) is 1. The minimum atomic E-state index is -0.112. The van der Waals surface area contributed by atoms with E-state index in [1.54, 1.807) is 0 Å². The maximum absolute atomic E-state index is 5.79. The molecule has 3 N–H and O–H groups in total. The molecule has 0 saturated carbocycles. The fraction of sp³-hybridized carbons (Fsp3) is 0.600. The second kappa shape index (κ2) is 3.25. The molecule has 2 heterocycles. The average Bonchev–Trinajstić information content (AvgIpc) is 2.15. The number of rotatable bonds is 1. The van der Waals surface area contributed by atoms with E-state index in [0.717, 1.165) is 12.2 Å². The molecule has 15 heavy (non-hydrogen) atoms. The largest absolute Gasteiger partial charge is 0.484 e. The minimum absolute atomic E-state index is 0.112. The number of aryl methyl sites for hydroxylation is 1. The van der Waals surface area contributed by atoms with Crippen molar-refractivity contribution in [3.8, 4) is 5.75 Å². The van der Waals surface area contributed by atoms with Gasteiger partial charge in [-0.05, 0) is 13.8 Å². The van der Waals surface area contributed by atoms with E-state index in [4.69, 9.17) is 10.5 Å². The Morgan fingerprint density at radius 2 is 2.20 bits per heavy atom. The van der Waals surface area contributed by atoms with Gasteiger partial charge >= 0.3 is 0 Å². The van der Waals surface area contributed by atoms with Crippen molar-refractivity contribution >= 4 is 11.6 Å². The summed E-state index contributed by atoms with van der Waals surface area (Å²) in [6.45, 7) is 6.68. The third-order valence-corrected chi connectivity index (χ3v) is 2.29. The van der Waals surface area contributed by atoms with Crippen molar-refractivity contribution in [3.63, 3.8) is 0 Å². The van der Waals surface area contributed by atoms with Crippen molar-refractivity contribution in [2.75, 3.05) is 17.7 Å². The van der Waals surface area contributed by atoms with Crippen LogP contribution >= 0.6 is 0 Å². The van der Waals surface area contributed by atoms with Gasteiger partial charge in [-0.25, -0.2) is 9.97 Å². The maximum Gasteiger partial charge on any atom is 0.204 e. The number of hydrogen-bond acceptors (Lipinski definition) is 5. The summed E-state index contributed by atoms with van der Waals surface area (Å²) in [4.78, 5) is 8.52. The van der Waals surface area contributed by atoms with Crippen LogP contribution in [-0.2, 0) is 6.42 Å². The van der Waals surface area contributed by atoms with Gasteiger partial charge in [0.05, 0.1) is 5.54 Å². The summed E-state index contributed by atoms with van der Waals surface area (Å²) < 4.78 is 5.56. The average molecular weight is 208 g/mol. The Balaban J connectivity index is 2.44. The van der Waals surface area contributed by atoms with Crippen molar-refractivity contribution < 1.29 is 4.74 Å². The molecule has 0 aliphatic carbocycles. The van der Waals surface area contributed by atoms with Gasteiger partial charge in [0.1, 0.15) is 12.4 Å². The standard InChI is InChI=1S/C10H16N4O/c1-4-6-12-8(11)7-9(13-6)14-10(2,3)5-15-7/h4-5H2,1-3H3,(H3,11,12,13,14). The molecule has 2 rings (SSSR count). The first kappa shape index (κ1) is 10.0. The molecule has 0 spiro atoms. The van der Waals surface area contributed by atoms with Crippen LogP contribution in [-0.4, -0.2) is 22.1 Å². The lowest BCUT2D eigenvalue weighted by Gasteiger charge is -2.33. The topological polar surface area (TPSA) is 73.1 Å². The molecule has 1 aliphatic heterocycles. The number of anilines is 2. The summed E-state index contributed by atoms with van der Waals surface area (Å²) in [6.07, 6.45) is 0.763. The molecule has 1 aromatic rings. The highest BCUT2D eigenvalue weighted by molar-refractivity contribution is 5.64. The molecule has 0 atom stereocenters. The van der Waals surface area contributed by atoms with E-state index >= 15 is 0 Å². The molecule has 0 unspecified atom stereocenters. The van der Waals surface area contributed by atoms with Gasteiger partial charge in [-0.2, -0.15) is 0 Å². The summed E-state index contributed by atoms with van der Waals surface area (Å²) in [5.74, 6) is 2.43. The number of nitrogen functional groups attached to an aromatic ring is 1. The number of nitrogens with zero attached hydrogens (tertiary/aromatic N) is 2. The predicted octanol–water partition coefficient (Wildman–Crippen LogP) is 1.20. The summed E-state index contributed by atoms with van der Waals surface area (Å²) in [5, 5.41) is 3.30. The third kappa shape index (κ3) is 1.82. The van der Waals surface area contributed by atoms with Crippen molar-refractivity contribution in [1.82, 2.24) is 9.97 Å². The number of aromatic nitrogens is 2. The Bertz CT molecular complexity index is 389. The minimum Gasteiger partial charge on any atom is -0.484 e. The first-order chi connectivity index (χ1) is 7.02. The third-order valence-electron chi connectivity index (χ3n) is 2.29. The monoisotopic (exact) mass is 208 g/mol. The summed E-state index contributed by atoms with van der Waals surface area (Å²) in [7, 11) is 0. The van der Waals surface area contributed by atoms with Gasteiger partial charge in [0, 0.05) is 6.42 Å². The fourth-order valence-corrected chi connectivity index (χ4v) is 1.51. The second-order valence-electron chi connectivity index (χ2n) is 4.35. The molecule has 0 amide bonds. The van der Waals surface area contributed by atoms with Crippen molar-refractivity contribution in [3.05, 3.63) is 5.82 Å². The molecule has 0 bridgehead atoms. The normalized spacial score (nSPS) is 17.5. The molecule has 5 heteroatoms. The van der Waals surface area contributed by atoms with Crippen molar-refractivity contribution in [2.24, 2.45) is 0 Å². The maximum atomic E-state index is 5.79. The van der Waals surface area contributed by atoms with E-state index in [9.17, 15) is 0 Å². The fourth-order valence-electron chi connectivity index (χ4n) is 1.51. The van der Waals surface area contributed by atoms with Crippen LogP contribution in [0.3, 0.4) is 0 Å². The van der Waals surface area contributed by atoms with E-state index in [2.05, 4.69) is 29.1 Å². The van der Waals surface area contributed by atoms with E-state index in [-0.39, 0.29) is 5.54 Å². The Kier molecular flexibility index (Phi) is 2.17. The zero-order valence-electron chi connectivity index (χ0n) is 9.29. The van der Waals surface area contributed by atoms with E-state index in [1.807, 2.05) is 6.92 Å². The Morgan fingerprint density at radius 3 is 2.87 bits per heavy atom. The van der Waals surface area contributed by atoms with Gasteiger partial charge in [-0.3, -0.25) is 0 Å². The number of nitrogens with one attached hydrogen (secondary N) is 1. The lowest BCUT2D eigenvalue weighted by Crippen LogP contribution is -2.41. The van der Waals surface area contributed by atoms with Crippen LogP contribution in [0.1, 0.15) is 26.6 Å². The van der Waals surface area contributed by atoms with Crippen LogP contribution in [0.25, 0.3) is 0 Å². The molecule has 0 aromatic carbocycles. The zero-order valence-corrected chi connectivity index (χ0v) is 9.29. The molecule has 0 radical (unpaired) electrons. The highest BCUT2D eigenvalue weighted by atomic mass is 16.5. The molecule has 5 nitrogen and oxygen atoms in total. The number of ether oxygens (including phenoxy) is 1. The van der Waals surface area contributed by atoms with Gasteiger partial charge in [-0.1, -0.05) is 6.92 Å².